The average molecular weight is 157 g/mol. The normalized spacial score (nSPS) is 29.3. The largest absolute Gasteiger partial charge is 0.469 e. The van der Waals surface area contributed by atoms with Gasteiger partial charge in [-0.2, -0.15) is 0 Å². The molecule has 0 aromatic rings. The summed E-state index contributed by atoms with van der Waals surface area (Å²) >= 11 is 0. The number of methoxy groups -OCH3 is 1. The molecule has 2 N–H and O–H groups in total. The SMILES string of the molecule is COC(=O)C1CCC1CCN. The molecule has 1 aliphatic carbocycles. The second-order valence-electron chi connectivity index (χ2n) is 3.04. The fraction of sp³-hybridized carbons (Fsp3) is 0.875. The van der Waals surface area contributed by atoms with Gasteiger partial charge < -0.3 is 10.5 Å². The van der Waals surface area contributed by atoms with Crippen LogP contribution in [0.25, 0.3) is 0 Å². The highest BCUT2D eigenvalue weighted by Crippen LogP contribution is 2.36. The van der Waals surface area contributed by atoms with Gasteiger partial charge in [-0.25, -0.2) is 0 Å². The number of hydrogen-bond acceptors (Lipinski definition) is 3. The van der Waals surface area contributed by atoms with Gasteiger partial charge in [0.05, 0.1) is 13.0 Å². The predicted octanol–water partition coefficient (Wildman–Crippen LogP) is 0.534. The second kappa shape index (κ2) is 3.72. The van der Waals surface area contributed by atoms with Gasteiger partial charge in [0.1, 0.15) is 0 Å². The Morgan fingerprint density at radius 3 is 2.73 bits per heavy atom. The maximum atomic E-state index is 11.0. The third kappa shape index (κ3) is 1.71. The number of rotatable bonds is 3. The van der Waals surface area contributed by atoms with Crippen molar-refractivity contribution in [2.45, 2.75) is 19.3 Å². The lowest BCUT2D eigenvalue weighted by atomic mass is 9.72. The third-order valence-electron chi connectivity index (χ3n) is 2.46. The molecule has 0 aromatic heterocycles. The Kier molecular flexibility index (Phi) is 2.88. The van der Waals surface area contributed by atoms with Crippen LogP contribution in [-0.4, -0.2) is 19.6 Å². The minimum absolute atomic E-state index is 0.0605. The van der Waals surface area contributed by atoms with Crippen molar-refractivity contribution in [3.8, 4) is 0 Å². The van der Waals surface area contributed by atoms with Gasteiger partial charge in [-0.1, -0.05) is 0 Å². The van der Waals surface area contributed by atoms with Gasteiger partial charge in [-0.3, -0.25) is 4.79 Å². The zero-order valence-corrected chi connectivity index (χ0v) is 6.88. The van der Waals surface area contributed by atoms with E-state index >= 15 is 0 Å². The van der Waals surface area contributed by atoms with E-state index in [4.69, 9.17) is 5.73 Å². The van der Waals surface area contributed by atoms with Gasteiger partial charge in [0.15, 0.2) is 0 Å². The smallest absolute Gasteiger partial charge is 0.308 e. The van der Waals surface area contributed by atoms with E-state index in [-0.39, 0.29) is 11.9 Å². The van der Waals surface area contributed by atoms with Crippen LogP contribution in [0.15, 0.2) is 0 Å². The summed E-state index contributed by atoms with van der Waals surface area (Å²) in [5, 5.41) is 0. The molecule has 1 aliphatic rings. The highest BCUT2D eigenvalue weighted by Gasteiger charge is 2.36. The number of carbonyl (C=O) groups excluding carboxylic acids is 1. The summed E-state index contributed by atoms with van der Waals surface area (Å²) in [6.45, 7) is 0.679. The van der Waals surface area contributed by atoms with E-state index in [0.29, 0.717) is 12.5 Å². The molecule has 0 aromatic carbocycles. The van der Waals surface area contributed by atoms with Gasteiger partial charge in [-0.05, 0) is 31.7 Å². The van der Waals surface area contributed by atoms with E-state index in [1.807, 2.05) is 0 Å². The number of ether oxygens (including phenoxy) is 1. The van der Waals surface area contributed by atoms with Crippen LogP contribution in [0.1, 0.15) is 19.3 Å². The van der Waals surface area contributed by atoms with E-state index in [1.54, 1.807) is 0 Å². The maximum Gasteiger partial charge on any atom is 0.308 e. The Bertz CT molecular complexity index is 147. The summed E-state index contributed by atoms with van der Waals surface area (Å²) < 4.78 is 4.65. The molecule has 1 saturated carbocycles. The standard InChI is InChI=1S/C8H15NO2/c1-11-8(10)7-3-2-6(7)4-5-9/h6-7H,2-5,9H2,1H3. The fourth-order valence-electron chi connectivity index (χ4n) is 1.59. The minimum Gasteiger partial charge on any atom is -0.469 e. The van der Waals surface area contributed by atoms with Crippen molar-refractivity contribution in [1.29, 1.82) is 0 Å². The molecule has 0 bridgehead atoms. The molecule has 1 rings (SSSR count). The zero-order chi connectivity index (χ0) is 8.27. The molecular formula is C8H15NO2. The number of esters is 1. The van der Waals surface area contributed by atoms with Gasteiger partial charge in [-0.15, -0.1) is 0 Å². The molecule has 11 heavy (non-hydrogen) atoms. The third-order valence-corrected chi connectivity index (χ3v) is 2.46. The van der Waals surface area contributed by atoms with Crippen LogP contribution in [0.5, 0.6) is 0 Å². The molecule has 64 valence electrons. The average Bonchev–Trinajstić information content (AvgIpc) is 1.98. The lowest BCUT2D eigenvalue weighted by molar-refractivity contribution is -0.151. The summed E-state index contributed by atoms with van der Waals surface area (Å²) in [5.41, 5.74) is 5.39. The van der Waals surface area contributed by atoms with Crippen LogP contribution in [0.2, 0.25) is 0 Å². The summed E-state index contributed by atoms with van der Waals surface area (Å²) in [6.07, 6.45) is 3.08. The molecular weight excluding hydrogens is 142 g/mol. The van der Waals surface area contributed by atoms with Crippen LogP contribution in [0.4, 0.5) is 0 Å². The van der Waals surface area contributed by atoms with Crippen molar-refractivity contribution < 1.29 is 9.53 Å². The van der Waals surface area contributed by atoms with Gasteiger partial charge in [0.25, 0.3) is 0 Å². The molecule has 0 saturated heterocycles. The van der Waals surface area contributed by atoms with E-state index in [0.717, 1.165) is 19.3 Å². The Morgan fingerprint density at radius 1 is 1.64 bits per heavy atom. The van der Waals surface area contributed by atoms with Crippen molar-refractivity contribution in [1.82, 2.24) is 0 Å². The molecule has 2 atom stereocenters. The van der Waals surface area contributed by atoms with Crippen molar-refractivity contribution in [3.63, 3.8) is 0 Å². The van der Waals surface area contributed by atoms with Crippen molar-refractivity contribution in [2.75, 3.05) is 13.7 Å². The Morgan fingerprint density at radius 2 is 2.36 bits per heavy atom. The first-order valence-corrected chi connectivity index (χ1v) is 4.07. The lowest BCUT2D eigenvalue weighted by Gasteiger charge is -2.33. The fourth-order valence-corrected chi connectivity index (χ4v) is 1.59. The lowest BCUT2D eigenvalue weighted by Crippen LogP contribution is -2.34. The van der Waals surface area contributed by atoms with Crippen molar-refractivity contribution >= 4 is 5.97 Å². The van der Waals surface area contributed by atoms with E-state index in [9.17, 15) is 4.79 Å². The quantitative estimate of drug-likeness (QED) is 0.608. The maximum absolute atomic E-state index is 11.0. The van der Waals surface area contributed by atoms with Crippen LogP contribution in [0, 0.1) is 11.8 Å². The van der Waals surface area contributed by atoms with E-state index in [1.165, 1.54) is 7.11 Å². The summed E-state index contributed by atoms with van der Waals surface area (Å²) in [4.78, 5) is 11.0. The summed E-state index contributed by atoms with van der Waals surface area (Å²) in [5.74, 6) is 0.575. The topological polar surface area (TPSA) is 52.3 Å². The molecule has 2 unspecified atom stereocenters. The van der Waals surface area contributed by atoms with Crippen LogP contribution < -0.4 is 5.73 Å². The van der Waals surface area contributed by atoms with Crippen molar-refractivity contribution in [3.05, 3.63) is 0 Å². The molecule has 0 heterocycles. The number of hydrogen-bond donors (Lipinski definition) is 1. The zero-order valence-electron chi connectivity index (χ0n) is 6.88. The predicted molar refractivity (Wildman–Crippen MR) is 41.9 cm³/mol. The molecule has 0 aliphatic heterocycles. The summed E-state index contributed by atoms with van der Waals surface area (Å²) in [6, 6.07) is 0. The van der Waals surface area contributed by atoms with Gasteiger partial charge >= 0.3 is 5.97 Å². The second-order valence-corrected chi connectivity index (χ2v) is 3.04. The molecule has 1 fully saturated rings. The van der Waals surface area contributed by atoms with E-state index in [2.05, 4.69) is 4.74 Å². The first-order valence-electron chi connectivity index (χ1n) is 4.07. The van der Waals surface area contributed by atoms with Gasteiger partial charge in [0, 0.05) is 0 Å². The molecule has 0 spiro atoms. The highest BCUT2D eigenvalue weighted by atomic mass is 16.5. The van der Waals surface area contributed by atoms with Gasteiger partial charge in [0.2, 0.25) is 0 Å². The molecule has 0 amide bonds. The number of nitrogens with two attached hydrogens (primary N) is 1. The number of carbonyl (C=O) groups is 1. The molecule has 0 radical (unpaired) electrons. The van der Waals surface area contributed by atoms with E-state index < -0.39 is 0 Å². The molecule has 3 nitrogen and oxygen atoms in total. The molecule has 3 heteroatoms. The van der Waals surface area contributed by atoms with Crippen molar-refractivity contribution in [2.24, 2.45) is 17.6 Å². The first kappa shape index (κ1) is 8.53. The van der Waals surface area contributed by atoms with Crippen LogP contribution in [-0.2, 0) is 9.53 Å². The highest BCUT2D eigenvalue weighted by molar-refractivity contribution is 5.73. The Hall–Kier alpha value is -0.570. The minimum atomic E-state index is -0.0605. The monoisotopic (exact) mass is 157 g/mol. The Balaban J connectivity index is 2.30. The Labute approximate surface area is 66.9 Å². The first-order chi connectivity index (χ1) is 5.29. The summed E-state index contributed by atoms with van der Waals surface area (Å²) in [7, 11) is 1.44. The van der Waals surface area contributed by atoms with Crippen LogP contribution in [0.3, 0.4) is 0 Å². The van der Waals surface area contributed by atoms with Crippen LogP contribution >= 0.6 is 0 Å².